The van der Waals surface area contributed by atoms with Crippen LogP contribution in [-0.2, 0) is 14.4 Å². The highest BCUT2D eigenvalue weighted by molar-refractivity contribution is 8.00. The largest absolute Gasteiger partial charge is 0.485 e. The first kappa shape index (κ1) is 18.8. The number of rotatable bonds is 5. The highest BCUT2D eigenvalue weighted by Gasteiger charge is 2.28. The summed E-state index contributed by atoms with van der Waals surface area (Å²) in [6.45, 7) is 1.48. The zero-order chi connectivity index (χ0) is 19.2. The third kappa shape index (κ3) is 5.24. The number of para-hydroxylation sites is 2. The maximum atomic E-state index is 12.2. The van der Waals surface area contributed by atoms with Gasteiger partial charge in [0.05, 0.1) is 5.75 Å². The van der Waals surface area contributed by atoms with Gasteiger partial charge in [0.1, 0.15) is 6.61 Å². The van der Waals surface area contributed by atoms with Crippen LogP contribution in [0, 0.1) is 0 Å². The number of nitrogens with one attached hydrogen (secondary N) is 2. The molecular formula is C19H18N2O5S. The van der Waals surface area contributed by atoms with Crippen molar-refractivity contribution in [3.05, 3.63) is 48.5 Å². The van der Waals surface area contributed by atoms with Crippen LogP contribution in [0.3, 0.4) is 0 Å². The molecule has 27 heavy (non-hydrogen) atoms. The second-order valence-corrected chi connectivity index (χ2v) is 6.82. The zero-order valence-electron chi connectivity index (χ0n) is 14.6. The van der Waals surface area contributed by atoms with E-state index in [4.69, 9.17) is 9.47 Å². The fraction of sp³-hybridized carbons (Fsp3) is 0.211. The highest BCUT2D eigenvalue weighted by Crippen LogP contribution is 2.30. The topological polar surface area (TPSA) is 93.7 Å². The molecule has 0 fully saturated rings. The van der Waals surface area contributed by atoms with Gasteiger partial charge in [0.2, 0.25) is 17.9 Å². The van der Waals surface area contributed by atoms with Crippen LogP contribution in [0.4, 0.5) is 5.69 Å². The Morgan fingerprint density at radius 2 is 1.78 bits per heavy atom. The standard InChI is InChI=1S/C19H18N2O5S/c1-12(22)20-13-6-8-14(9-7-13)27-11-18(23)21-19(24)17-10-25-15-4-2-3-5-16(15)26-17/h2-9,17H,10-11H2,1H3,(H,20,22)(H,21,23,24)/t17-/m1/s1. The van der Waals surface area contributed by atoms with Gasteiger partial charge in [-0.05, 0) is 36.4 Å². The molecule has 0 radical (unpaired) electrons. The number of hydrogen-bond acceptors (Lipinski definition) is 6. The summed E-state index contributed by atoms with van der Waals surface area (Å²) in [4.78, 5) is 36.1. The van der Waals surface area contributed by atoms with Crippen LogP contribution in [0.1, 0.15) is 6.92 Å². The van der Waals surface area contributed by atoms with Gasteiger partial charge in [0.15, 0.2) is 11.5 Å². The van der Waals surface area contributed by atoms with Crippen LogP contribution in [0.2, 0.25) is 0 Å². The molecule has 140 valence electrons. The summed E-state index contributed by atoms with van der Waals surface area (Å²) in [6.07, 6.45) is -0.870. The molecule has 3 amide bonds. The van der Waals surface area contributed by atoms with E-state index in [2.05, 4.69) is 10.6 Å². The molecule has 0 aromatic heterocycles. The summed E-state index contributed by atoms with van der Waals surface area (Å²) in [6, 6.07) is 14.1. The minimum Gasteiger partial charge on any atom is -0.485 e. The van der Waals surface area contributed by atoms with Crippen LogP contribution in [-0.4, -0.2) is 36.2 Å². The monoisotopic (exact) mass is 386 g/mol. The fourth-order valence-electron chi connectivity index (χ4n) is 2.39. The third-order valence-corrected chi connectivity index (χ3v) is 4.62. The van der Waals surface area contributed by atoms with E-state index >= 15 is 0 Å². The highest BCUT2D eigenvalue weighted by atomic mass is 32.2. The summed E-state index contributed by atoms with van der Waals surface area (Å²) in [7, 11) is 0. The van der Waals surface area contributed by atoms with Crippen molar-refractivity contribution in [2.75, 3.05) is 17.7 Å². The summed E-state index contributed by atoms with van der Waals surface area (Å²) in [5.74, 6) is 0.0329. The number of thioether (sulfide) groups is 1. The van der Waals surface area contributed by atoms with E-state index in [9.17, 15) is 14.4 Å². The van der Waals surface area contributed by atoms with Gasteiger partial charge in [0, 0.05) is 17.5 Å². The van der Waals surface area contributed by atoms with Gasteiger partial charge in [-0.15, -0.1) is 11.8 Å². The van der Waals surface area contributed by atoms with Crippen LogP contribution in [0.15, 0.2) is 53.4 Å². The summed E-state index contributed by atoms with van der Waals surface area (Å²) < 4.78 is 11.0. The molecule has 1 aliphatic heterocycles. The first-order valence-corrected chi connectivity index (χ1v) is 9.22. The maximum Gasteiger partial charge on any atom is 0.271 e. The average molecular weight is 386 g/mol. The van der Waals surface area contributed by atoms with Crippen molar-refractivity contribution in [3.8, 4) is 11.5 Å². The maximum absolute atomic E-state index is 12.2. The summed E-state index contributed by atoms with van der Waals surface area (Å²) in [5, 5.41) is 5.00. The van der Waals surface area contributed by atoms with Crippen molar-refractivity contribution >= 4 is 35.2 Å². The zero-order valence-corrected chi connectivity index (χ0v) is 15.4. The quantitative estimate of drug-likeness (QED) is 0.766. The Morgan fingerprint density at radius 1 is 1.07 bits per heavy atom. The predicted octanol–water partition coefficient (Wildman–Crippen LogP) is 2.22. The van der Waals surface area contributed by atoms with Gasteiger partial charge < -0.3 is 14.8 Å². The Kier molecular flexibility index (Phi) is 5.97. The summed E-state index contributed by atoms with van der Waals surface area (Å²) >= 11 is 1.28. The molecule has 7 nitrogen and oxygen atoms in total. The number of benzene rings is 2. The number of amides is 3. The Balaban J connectivity index is 1.46. The van der Waals surface area contributed by atoms with Crippen LogP contribution < -0.4 is 20.1 Å². The molecule has 0 aliphatic carbocycles. The molecule has 0 unspecified atom stereocenters. The van der Waals surface area contributed by atoms with Crippen LogP contribution in [0.25, 0.3) is 0 Å². The fourth-order valence-corrected chi connectivity index (χ4v) is 3.09. The number of imide groups is 1. The van der Waals surface area contributed by atoms with E-state index in [1.165, 1.54) is 18.7 Å². The lowest BCUT2D eigenvalue weighted by atomic mass is 10.2. The molecule has 1 heterocycles. The average Bonchev–Trinajstić information content (AvgIpc) is 2.66. The van der Waals surface area contributed by atoms with Crippen molar-refractivity contribution in [1.29, 1.82) is 0 Å². The van der Waals surface area contributed by atoms with Gasteiger partial charge >= 0.3 is 0 Å². The third-order valence-electron chi connectivity index (χ3n) is 3.61. The van der Waals surface area contributed by atoms with Gasteiger partial charge in [0.25, 0.3) is 5.91 Å². The predicted molar refractivity (Wildman–Crippen MR) is 101 cm³/mol. The van der Waals surface area contributed by atoms with E-state index in [1.807, 2.05) is 6.07 Å². The lowest BCUT2D eigenvalue weighted by Crippen LogP contribution is -2.46. The second kappa shape index (κ2) is 8.59. The van der Waals surface area contributed by atoms with E-state index < -0.39 is 17.9 Å². The minimum absolute atomic E-state index is 0.0495. The van der Waals surface area contributed by atoms with Gasteiger partial charge in [-0.3, -0.25) is 19.7 Å². The Labute approximate surface area is 160 Å². The molecule has 3 rings (SSSR count). The molecule has 0 saturated carbocycles. The van der Waals surface area contributed by atoms with Crippen LogP contribution >= 0.6 is 11.8 Å². The normalized spacial score (nSPS) is 14.9. The second-order valence-electron chi connectivity index (χ2n) is 5.77. The Hall–Kier alpha value is -3.00. The SMILES string of the molecule is CC(=O)Nc1ccc(SCC(=O)NC(=O)[C@H]2COc3ccccc3O2)cc1. The molecule has 1 aliphatic rings. The molecule has 2 N–H and O–H groups in total. The van der Waals surface area contributed by atoms with E-state index in [-0.39, 0.29) is 18.3 Å². The van der Waals surface area contributed by atoms with Gasteiger partial charge in [-0.25, -0.2) is 0 Å². The number of fused-ring (bicyclic) bond motifs is 1. The summed E-state index contributed by atoms with van der Waals surface area (Å²) in [5.41, 5.74) is 0.682. The van der Waals surface area contributed by atoms with Crippen molar-refractivity contribution in [2.45, 2.75) is 17.9 Å². The number of carbonyl (C=O) groups excluding carboxylic acids is 3. The molecule has 0 bridgehead atoms. The van der Waals surface area contributed by atoms with E-state index in [0.717, 1.165) is 4.90 Å². The van der Waals surface area contributed by atoms with Gasteiger partial charge in [-0.2, -0.15) is 0 Å². The van der Waals surface area contributed by atoms with Gasteiger partial charge in [-0.1, -0.05) is 12.1 Å². The van der Waals surface area contributed by atoms with E-state index in [0.29, 0.717) is 17.2 Å². The molecule has 0 spiro atoms. The van der Waals surface area contributed by atoms with Crippen molar-refractivity contribution in [3.63, 3.8) is 0 Å². The molecular weight excluding hydrogens is 368 g/mol. The molecule has 1 atom stereocenters. The lowest BCUT2D eigenvalue weighted by Gasteiger charge is -2.25. The number of anilines is 1. The van der Waals surface area contributed by atoms with Crippen molar-refractivity contribution < 1.29 is 23.9 Å². The number of ether oxygens (including phenoxy) is 2. The Bertz CT molecular complexity index is 853. The van der Waals surface area contributed by atoms with E-state index in [1.54, 1.807) is 42.5 Å². The molecule has 0 saturated heterocycles. The minimum atomic E-state index is -0.870. The first-order chi connectivity index (χ1) is 13.0. The van der Waals surface area contributed by atoms with Crippen LogP contribution in [0.5, 0.6) is 11.5 Å². The Morgan fingerprint density at radius 3 is 2.48 bits per heavy atom. The molecule has 2 aromatic rings. The number of carbonyl (C=O) groups is 3. The lowest BCUT2D eigenvalue weighted by molar-refractivity contribution is -0.135. The van der Waals surface area contributed by atoms with Crippen molar-refractivity contribution in [1.82, 2.24) is 5.32 Å². The molecule has 2 aromatic carbocycles. The first-order valence-electron chi connectivity index (χ1n) is 8.24. The molecule has 8 heteroatoms. The smallest absolute Gasteiger partial charge is 0.271 e. The van der Waals surface area contributed by atoms with Crippen molar-refractivity contribution in [2.24, 2.45) is 0 Å². The number of hydrogen-bond donors (Lipinski definition) is 2.